The summed E-state index contributed by atoms with van der Waals surface area (Å²) in [6.07, 6.45) is 9.60. The third-order valence-electron chi connectivity index (χ3n) is 2.68. The molecule has 0 spiro atoms. The van der Waals surface area contributed by atoms with Crippen molar-refractivity contribution in [3.63, 3.8) is 0 Å². The summed E-state index contributed by atoms with van der Waals surface area (Å²) in [5.41, 5.74) is 2.54. The second kappa shape index (κ2) is 4.88. The molecule has 2 aromatic rings. The lowest BCUT2D eigenvalue weighted by atomic mass is 10.1. The highest BCUT2D eigenvalue weighted by Crippen LogP contribution is 2.15. The van der Waals surface area contributed by atoms with Gasteiger partial charge in [0.2, 0.25) is 0 Å². The van der Waals surface area contributed by atoms with Gasteiger partial charge < -0.3 is 0 Å². The van der Waals surface area contributed by atoms with Crippen LogP contribution < -0.4 is 9.13 Å². The molecule has 0 saturated heterocycles. The van der Waals surface area contributed by atoms with Gasteiger partial charge in [-0.05, 0) is 11.1 Å². The van der Waals surface area contributed by atoms with Crippen molar-refractivity contribution in [2.75, 3.05) is 0 Å². The van der Waals surface area contributed by atoms with Gasteiger partial charge in [0.05, 0.1) is 0 Å². The fraction of sp³-hybridized carbons (Fsp3) is 0.286. The van der Waals surface area contributed by atoms with Crippen molar-refractivity contribution in [3.05, 3.63) is 49.1 Å². The molecule has 0 aliphatic rings. The highest BCUT2D eigenvalue weighted by molar-refractivity contribution is 5.60. The lowest BCUT2D eigenvalue weighted by Gasteiger charge is -1.99. The number of pyridine rings is 2. The van der Waals surface area contributed by atoms with Crippen LogP contribution in [-0.4, -0.2) is 0 Å². The molecule has 0 unspecified atom stereocenters. The molecule has 0 saturated carbocycles. The van der Waals surface area contributed by atoms with E-state index in [1.807, 2.05) is 11.6 Å². The Balaban J connectivity index is 2.24. The third-order valence-corrected chi connectivity index (χ3v) is 2.68. The molecule has 0 aromatic carbocycles. The van der Waals surface area contributed by atoms with Gasteiger partial charge in [0.1, 0.15) is 13.6 Å². The minimum Gasteiger partial charge on any atom is -0.208 e. The number of aromatic nitrogens is 2. The summed E-state index contributed by atoms with van der Waals surface area (Å²) >= 11 is 0. The Hall–Kier alpha value is -1.70. The van der Waals surface area contributed by atoms with Gasteiger partial charge >= 0.3 is 0 Å². The van der Waals surface area contributed by atoms with Gasteiger partial charge in [-0.15, -0.1) is 0 Å². The highest BCUT2D eigenvalue weighted by Gasteiger charge is 2.02. The Labute approximate surface area is 96.8 Å². The Morgan fingerprint density at radius 2 is 1.38 bits per heavy atom. The van der Waals surface area contributed by atoms with E-state index in [1.54, 1.807) is 0 Å². The van der Waals surface area contributed by atoms with Crippen molar-refractivity contribution in [1.29, 1.82) is 0 Å². The quantitative estimate of drug-likeness (QED) is 0.689. The summed E-state index contributed by atoms with van der Waals surface area (Å²) in [5, 5.41) is 0. The molecule has 0 aliphatic carbocycles. The summed E-state index contributed by atoms with van der Waals surface area (Å²) in [4.78, 5) is 0. The van der Waals surface area contributed by atoms with E-state index in [0.29, 0.717) is 0 Å². The molecule has 2 heterocycles. The zero-order valence-electron chi connectivity index (χ0n) is 9.93. The van der Waals surface area contributed by atoms with Crippen LogP contribution in [-0.2, 0) is 13.6 Å². The second-order valence-corrected chi connectivity index (χ2v) is 4.08. The second-order valence-electron chi connectivity index (χ2n) is 4.08. The van der Waals surface area contributed by atoms with Crippen LogP contribution in [0.4, 0.5) is 0 Å². The highest BCUT2D eigenvalue weighted by atomic mass is 14.9. The molecule has 2 rings (SSSR count). The molecule has 0 fully saturated rings. The fourth-order valence-corrected chi connectivity index (χ4v) is 1.75. The summed E-state index contributed by atoms with van der Waals surface area (Å²) in [7, 11) is 2.03. The van der Waals surface area contributed by atoms with Crippen LogP contribution in [0.2, 0.25) is 0 Å². The smallest absolute Gasteiger partial charge is 0.169 e. The molecule has 2 aromatic heterocycles. The lowest BCUT2D eigenvalue weighted by molar-refractivity contribution is -0.696. The first kappa shape index (κ1) is 10.8. The normalized spacial score (nSPS) is 10.4. The fourth-order valence-electron chi connectivity index (χ4n) is 1.75. The predicted octanol–water partition coefficient (Wildman–Crippen LogP) is 1.88. The van der Waals surface area contributed by atoms with E-state index in [1.165, 1.54) is 17.5 Å². The minimum atomic E-state index is 1.09. The molecule has 0 aliphatic heterocycles. The zero-order valence-corrected chi connectivity index (χ0v) is 9.93. The molecule has 0 atom stereocenters. The molecule has 82 valence electrons. The maximum absolute atomic E-state index is 2.21. The van der Waals surface area contributed by atoms with Crippen molar-refractivity contribution >= 4 is 0 Å². The molecule has 0 bridgehead atoms. The van der Waals surface area contributed by atoms with Crippen molar-refractivity contribution < 1.29 is 9.13 Å². The van der Waals surface area contributed by atoms with Gasteiger partial charge in [-0.25, -0.2) is 9.13 Å². The largest absolute Gasteiger partial charge is 0.208 e. The van der Waals surface area contributed by atoms with Gasteiger partial charge in [-0.3, -0.25) is 0 Å². The molecule has 16 heavy (non-hydrogen) atoms. The van der Waals surface area contributed by atoms with Crippen LogP contribution in [0.5, 0.6) is 0 Å². The van der Waals surface area contributed by atoms with Gasteiger partial charge in [-0.1, -0.05) is 6.92 Å². The van der Waals surface area contributed by atoms with Crippen LogP contribution >= 0.6 is 0 Å². The van der Waals surface area contributed by atoms with E-state index in [2.05, 4.69) is 60.5 Å². The summed E-state index contributed by atoms with van der Waals surface area (Å²) in [5.74, 6) is 0. The first-order valence-corrected chi connectivity index (χ1v) is 5.74. The Morgan fingerprint density at radius 1 is 0.875 bits per heavy atom. The number of nitrogens with zero attached hydrogens (tertiary/aromatic N) is 2. The third kappa shape index (κ3) is 2.45. The molecule has 0 amide bonds. The maximum Gasteiger partial charge on any atom is 0.169 e. The Bertz CT molecular complexity index is 443. The number of hydrogen-bond donors (Lipinski definition) is 0. The zero-order chi connectivity index (χ0) is 11.4. The van der Waals surface area contributed by atoms with E-state index in [4.69, 9.17) is 0 Å². The molecular weight excluding hydrogens is 196 g/mol. The Morgan fingerprint density at radius 3 is 1.88 bits per heavy atom. The van der Waals surface area contributed by atoms with Crippen LogP contribution in [0.1, 0.15) is 13.3 Å². The van der Waals surface area contributed by atoms with Gasteiger partial charge in [0.15, 0.2) is 24.8 Å². The van der Waals surface area contributed by atoms with Crippen molar-refractivity contribution in [1.82, 2.24) is 0 Å². The lowest BCUT2D eigenvalue weighted by Crippen LogP contribution is -2.31. The molecule has 0 radical (unpaired) electrons. The first-order chi connectivity index (χ1) is 7.79. The molecule has 2 nitrogen and oxygen atoms in total. The van der Waals surface area contributed by atoms with E-state index in [-0.39, 0.29) is 0 Å². The van der Waals surface area contributed by atoms with E-state index >= 15 is 0 Å². The van der Waals surface area contributed by atoms with Crippen molar-refractivity contribution in [2.45, 2.75) is 19.9 Å². The number of rotatable bonds is 3. The van der Waals surface area contributed by atoms with Gasteiger partial charge in [0, 0.05) is 30.7 Å². The SMILES string of the molecule is CCC[n+]1ccc(-c2cc[n+](C)cc2)cc1. The summed E-state index contributed by atoms with van der Waals surface area (Å²) in [6.45, 7) is 3.28. The maximum atomic E-state index is 2.21. The molecular formula is C14H18N2+2. The predicted molar refractivity (Wildman–Crippen MR) is 63.5 cm³/mol. The minimum absolute atomic E-state index is 1.09. The average molecular weight is 214 g/mol. The number of aryl methyl sites for hydroxylation is 2. The first-order valence-electron chi connectivity index (χ1n) is 5.74. The standard InChI is InChI=1S/C14H18N2/c1-3-8-16-11-6-14(7-12-16)13-4-9-15(2)10-5-13/h4-7,9-12H,3,8H2,1-2H3/q+2. The van der Waals surface area contributed by atoms with E-state index < -0.39 is 0 Å². The molecule has 0 N–H and O–H groups in total. The van der Waals surface area contributed by atoms with Gasteiger partial charge in [-0.2, -0.15) is 0 Å². The average Bonchev–Trinajstić information content (AvgIpc) is 2.32. The van der Waals surface area contributed by atoms with Gasteiger partial charge in [0.25, 0.3) is 0 Å². The summed E-state index contributed by atoms with van der Waals surface area (Å²) < 4.78 is 4.26. The topological polar surface area (TPSA) is 7.76 Å². The van der Waals surface area contributed by atoms with Crippen LogP contribution in [0.25, 0.3) is 11.1 Å². The monoisotopic (exact) mass is 214 g/mol. The van der Waals surface area contributed by atoms with E-state index in [0.717, 1.165) is 6.54 Å². The van der Waals surface area contributed by atoms with Crippen LogP contribution in [0, 0.1) is 0 Å². The number of hydrogen-bond acceptors (Lipinski definition) is 0. The van der Waals surface area contributed by atoms with Crippen LogP contribution in [0.15, 0.2) is 49.1 Å². The van der Waals surface area contributed by atoms with Crippen LogP contribution in [0.3, 0.4) is 0 Å². The summed E-state index contributed by atoms with van der Waals surface area (Å²) in [6, 6.07) is 8.62. The Kier molecular flexibility index (Phi) is 3.30. The van der Waals surface area contributed by atoms with Crippen molar-refractivity contribution in [3.8, 4) is 11.1 Å². The van der Waals surface area contributed by atoms with E-state index in [9.17, 15) is 0 Å². The van der Waals surface area contributed by atoms with Crippen molar-refractivity contribution in [2.24, 2.45) is 7.05 Å². The molecule has 2 heteroatoms.